The summed E-state index contributed by atoms with van der Waals surface area (Å²) in [5.41, 5.74) is 3.22. The van der Waals surface area contributed by atoms with Crippen molar-refractivity contribution < 1.29 is 14.4 Å². The minimum Gasteiger partial charge on any atom is -0.409 e. The molecule has 152 valence electrons. The number of likely N-dealkylation sites (tertiary alicyclic amines) is 1. The van der Waals surface area contributed by atoms with Crippen molar-refractivity contribution in [1.29, 1.82) is 0 Å². The van der Waals surface area contributed by atoms with Gasteiger partial charge >= 0.3 is 0 Å². The summed E-state index contributed by atoms with van der Waals surface area (Å²) >= 11 is 5.45. The summed E-state index contributed by atoms with van der Waals surface area (Å²) in [6.07, 6.45) is 3.34. The molecule has 0 aliphatic carbocycles. The zero-order valence-corrected chi connectivity index (χ0v) is 17.2. The first-order valence-corrected chi connectivity index (χ1v) is 10.5. The van der Waals surface area contributed by atoms with Crippen LogP contribution in [0.4, 0.5) is 0 Å². The minimum atomic E-state index is -0.264. The first kappa shape index (κ1) is 19.0. The van der Waals surface area contributed by atoms with Gasteiger partial charge in [-0.2, -0.15) is 4.68 Å². The maximum atomic E-state index is 9.95. The Hall–Kier alpha value is -2.94. The standard InChI is InChI=1S/C22H21N5O2S/c28-15-6-5-11-26(13-15)14-27-22(30)29-21(25-27)17-12-20(19-9-3-4-10-23-19)24-18-8-2-1-7-16(17)18/h1-4,7-10,12,15,28H,5-6,11,13-14H2/p+1/t15-/m1/s1. The lowest BCUT2D eigenvalue weighted by molar-refractivity contribution is -0.931. The molecule has 0 amide bonds. The van der Waals surface area contributed by atoms with Crippen molar-refractivity contribution in [3.05, 3.63) is 59.6 Å². The van der Waals surface area contributed by atoms with Crippen molar-refractivity contribution in [2.45, 2.75) is 25.6 Å². The Bertz CT molecular complexity index is 1240. The van der Waals surface area contributed by atoms with Crippen LogP contribution in [0.1, 0.15) is 12.8 Å². The molecule has 2 N–H and O–H groups in total. The van der Waals surface area contributed by atoms with Crippen molar-refractivity contribution in [3.8, 4) is 22.8 Å². The number of benzene rings is 1. The summed E-state index contributed by atoms with van der Waals surface area (Å²) in [6, 6.07) is 15.6. The summed E-state index contributed by atoms with van der Waals surface area (Å²) < 4.78 is 7.63. The first-order chi connectivity index (χ1) is 14.7. The second kappa shape index (κ2) is 8.06. The molecule has 4 aromatic rings. The number of pyridine rings is 2. The fourth-order valence-corrected chi connectivity index (χ4v) is 4.18. The molecule has 5 rings (SSSR count). The van der Waals surface area contributed by atoms with Crippen molar-refractivity contribution >= 4 is 23.1 Å². The number of nitrogens with zero attached hydrogens (tertiary/aromatic N) is 4. The average Bonchev–Trinajstić information content (AvgIpc) is 3.13. The Balaban J connectivity index is 1.57. The van der Waals surface area contributed by atoms with Crippen LogP contribution >= 0.6 is 12.2 Å². The molecule has 8 heteroatoms. The van der Waals surface area contributed by atoms with Gasteiger partial charge in [-0.25, -0.2) is 4.98 Å². The van der Waals surface area contributed by atoms with Gasteiger partial charge in [0.15, 0.2) is 6.67 Å². The first-order valence-electron chi connectivity index (χ1n) is 10.1. The number of quaternary nitrogens is 1. The van der Waals surface area contributed by atoms with E-state index in [1.165, 1.54) is 4.90 Å². The smallest absolute Gasteiger partial charge is 0.292 e. The highest BCUT2D eigenvalue weighted by molar-refractivity contribution is 7.71. The molecule has 1 unspecified atom stereocenters. The topological polar surface area (TPSA) is 81.4 Å². The SMILES string of the molecule is O[C@@H]1CCC[NH+](Cn2nc(-c3cc(-c4ccccn4)nc4ccccc34)oc2=S)C1. The van der Waals surface area contributed by atoms with E-state index < -0.39 is 0 Å². The van der Waals surface area contributed by atoms with E-state index in [0.717, 1.165) is 47.2 Å². The zero-order valence-electron chi connectivity index (χ0n) is 16.4. The third-order valence-electron chi connectivity index (χ3n) is 5.45. The van der Waals surface area contributed by atoms with Crippen LogP contribution in [0.5, 0.6) is 0 Å². The van der Waals surface area contributed by atoms with Gasteiger partial charge in [-0.05, 0) is 49.3 Å². The van der Waals surface area contributed by atoms with Gasteiger partial charge in [0.25, 0.3) is 4.84 Å². The third-order valence-corrected chi connectivity index (χ3v) is 5.74. The molecular formula is C22H22N5O2S+. The Kier molecular flexibility index (Phi) is 5.12. The Morgan fingerprint density at radius 2 is 2.03 bits per heavy atom. The number of nitrogens with one attached hydrogen (secondary N) is 1. The lowest BCUT2D eigenvalue weighted by Crippen LogP contribution is -3.13. The van der Waals surface area contributed by atoms with Crippen LogP contribution in [0.2, 0.25) is 0 Å². The van der Waals surface area contributed by atoms with E-state index in [4.69, 9.17) is 21.6 Å². The molecule has 0 bridgehead atoms. The average molecular weight is 421 g/mol. The molecule has 0 radical (unpaired) electrons. The molecule has 1 aliphatic heterocycles. The van der Waals surface area contributed by atoms with E-state index in [9.17, 15) is 5.11 Å². The van der Waals surface area contributed by atoms with E-state index in [2.05, 4.69) is 10.1 Å². The highest BCUT2D eigenvalue weighted by Gasteiger charge is 2.23. The molecule has 0 spiro atoms. The number of hydrogen-bond acceptors (Lipinski definition) is 6. The van der Waals surface area contributed by atoms with Crippen molar-refractivity contribution in [3.63, 3.8) is 0 Å². The van der Waals surface area contributed by atoms with Crippen molar-refractivity contribution in [1.82, 2.24) is 19.7 Å². The Morgan fingerprint density at radius 1 is 1.17 bits per heavy atom. The van der Waals surface area contributed by atoms with Crippen LogP contribution in [0.15, 0.2) is 59.1 Å². The Morgan fingerprint density at radius 3 is 2.87 bits per heavy atom. The summed E-state index contributed by atoms with van der Waals surface area (Å²) in [5.74, 6) is 0.465. The molecule has 4 heterocycles. The van der Waals surface area contributed by atoms with Crippen LogP contribution in [-0.4, -0.2) is 44.0 Å². The van der Waals surface area contributed by atoms with Crippen LogP contribution in [-0.2, 0) is 6.67 Å². The molecule has 1 fully saturated rings. The zero-order chi connectivity index (χ0) is 20.5. The van der Waals surface area contributed by atoms with E-state index in [-0.39, 0.29) is 6.10 Å². The molecule has 7 nitrogen and oxygen atoms in total. The van der Waals surface area contributed by atoms with E-state index >= 15 is 0 Å². The van der Waals surface area contributed by atoms with Gasteiger partial charge in [-0.15, -0.1) is 5.10 Å². The minimum absolute atomic E-state index is 0.264. The lowest BCUT2D eigenvalue weighted by Gasteiger charge is -2.26. The molecule has 1 aliphatic rings. The molecule has 2 atom stereocenters. The highest BCUT2D eigenvalue weighted by atomic mass is 32.1. The fraction of sp³-hybridized carbons (Fsp3) is 0.273. The number of piperidine rings is 1. The molecule has 1 saturated heterocycles. The largest absolute Gasteiger partial charge is 0.409 e. The van der Waals surface area contributed by atoms with Crippen LogP contribution in [0.3, 0.4) is 0 Å². The van der Waals surface area contributed by atoms with Gasteiger partial charge < -0.3 is 14.4 Å². The number of aliphatic hydroxyl groups excluding tert-OH is 1. The molecule has 30 heavy (non-hydrogen) atoms. The fourth-order valence-electron chi connectivity index (χ4n) is 3.99. The van der Waals surface area contributed by atoms with Gasteiger partial charge in [-0.1, -0.05) is 24.3 Å². The maximum absolute atomic E-state index is 9.95. The maximum Gasteiger partial charge on any atom is 0.292 e. The van der Waals surface area contributed by atoms with Gasteiger partial charge in [0, 0.05) is 11.6 Å². The summed E-state index contributed by atoms with van der Waals surface area (Å²) in [6.45, 7) is 2.27. The van der Waals surface area contributed by atoms with Gasteiger partial charge in [0.05, 0.1) is 29.0 Å². The van der Waals surface area contributed by atoms with Crippen LogP contribution in [0, 0.1) is 4.84 Å². The number of rotatable bonds is 4. The van der Waals surface area contributed by atoms with Gasteiger partial charge in [-0.3, -0.25) is 4.98 Å². The van der Waals surface area contributed by atoms with Gasteiger partial charge in [0.2, 0.25) is 5.89 Å². The van der Waals surface area contributed by atoms with Crippen molar-refractivity contribution in [2.75, 3.05) is 13.1 Å². The summed E-state index contributed by atoms with van der Waals surface area (Å²) in [5, 5.41) is 15.6. The molecule has 0 saturated carbocycles. The number of hydrogen-bond donors (Lipinski definition) is 2. The van der Waals surface area contributed by atoms with Gasteiger partial charge in [0.1, 0.15) is 12.6 Å². The quantitative estimate of drug-likeness (QED) is 0.494. The van der Waals surface area contributed by atoms with E-state index in [0.29, 0.717) is 23.9 Å². The van der Waals surface area contributed by atoms with E-state index in [1.54, 1.807) is 10.9 Å². The predicted octanol–water partition coefficient (Wildman–Crippen LogP) is 2.48. The molecular weight excluding hydrogens is 398 g/mol. The predicted molar refractivity (Wildman–Crippen MR) is 115 cm³/mol. The second-order valence-corrected chi connectivity index (χ2v) is 7.97. The summed E-state index contributed by atoms with van der Waals surface area (Å²) in [7, 11) is 0. The second-order valence-electron chi connectivity index (χ2n) is 7.62. The molecule has 1 aromatic carbocycles. The lowest BCUT2D eigenvalue weighted by atomic mass is 10.1. The number of aromatic nitrogens is 4. The number of fused-ring (bicyclic) bond motifs is 1. The highest BCUT2D eigenvalue weighted by Crippen LogP contribution is 2.30. The third kappa shape index (κ3) is 3.77. The van der Waals surface area contributed by atoms with Crippen LogP contribution < -0.4 is 4.90 Å². The summed E-state index contributed by atoms with van der Waals surface area (Å²) in [4.78, 5) is 10.8. The number of aliphatic hydroxyl groups is 1. The Labute approximate surface area is 178 Å². The van der Waals surface area contributed by atoms with Crippen LogP contribution in [0.25, 0.3) is 33.7 Å². The normalized spacial score (nSPS) is 19.2. The van der Waals surface area contributed by atoms with E-state index in [1.807, 2.05) is 48.5 Å². The monoisotopic (exact) mass is 420 g/mol. The number of para-hydroxylation sites is 1. The van der Waals surface area contributed by atoms with Crippen molar-refractivity contribution in [2.24, 2.45) is 0 Å². The molecule has 3 aromatic heterocycles.